The van der Waals surface area contributed by atoms with Gasteiger partial charge in [0.25, 0.3) is 23.6 Å². The molecule has 0 fully saturated rings. The van der Waals surface area contributed by atoms with E-state index in [1.54, 1.807) is 30.3 Å². The van der Waals surface area contributed by atoms with E-state index in [9.17, 15) is 19.2 Å². The normalized spacial score (nSPS) is 15.9. The summed E-state index contributed by atoms with van der Waals surface area (Å²) >= 11 is 2.81. The summed E-state index contributed by atoms with van der Waals surface area (Å²) in [5, 5.41) is 13.7. The van der Waals surface area contributed by atoms with Crippen molar-refractivity contribution in [3.8, 4) is 0 Å². The zero-order chi connectivity index (χ0) is 56.0. The lowest BCUT2D eigenvalue weighted by Gasteiger charge is -2.36. The Morgan fingerprint density at radius 2 is 1.10 bits per heavy atom. The standard InChI is InChI=1S/C30H35N7O2S.C30H34N6O2S/c1-4-30(2,3)20-8-9-22-18(13-20)12-19-15-24(40-29(19)37-22)27(38)36-23(16-31)17-6-5-7-21(14-17)35-28(39)25-26(32)34-11-10-33-25;1-4-30(2,3)21-8-9-23-19(13-21)12-20-15-26(39-29(20)36-23)28(38)35-24(16-31)18-6-5-7-22(14-18)34-27(37)25-17-32-10-11-33-25/h5-7,10-12,14-15,20,23H,4,8-9,13,16,31H2,1-3H3,(H2,32,34)(H,35,39)(H,36,38);5-7,10-12,14-15,17,21,24H,4,8-9,13,16,31H2,1-3H3,(H,34,37)(H,35,38)/t20-,23+;21-,24+/m00/s1. The van der Waals surface area contributed by atoms with Crippen molar-refractivity contribution in [2.45, 2.75) is 105 Å². The molecule has 2 aliphatic carbocycles. The Balaban J connectivity index is 0.000000192. The highest BCUT2D eigenvalue weighted by molar-refractivity contribution is 7.20. The highest BCUT2D eigenvalue weighted by atomic mass is 32.1. The number of anilines is 3. The highest BCUT2D eigenvalue weighted by Gasteiger charge is 2.34. The number of rotatable bonds is 16. The van der Waals surface area contributed by atoms with Gasteiger partial charge >= 0.3 is 0 Å². The van der Waals surface area contributed by atoms with Gasteiger partial charge in [-0.1, -0.05) is 78.6 Å². The molecule has 19 heteroatoms. The van der Waals surface area contributed by atoms with Gasteiger partial charge in [0.15, 0.2) is 11.5 Å². The van der Waals surface area contributed by atoms with Gasteiger partial charge < -0.3 is 38.5 Å². The molecule has 0 spiro atoms. The number of benzene rings is 2. The summed E-state index contributed by atoms with van der Waals surface area (Å²) in [5.41, 5.74) is 26.4. The van der Waals surface area contributed by atoms with E-state index >= 15 is 0 Å². The summed E-state index contributed by atoms with van der Waals surface area (Å²) in [4.78, 5) is 80.4. The lowest BCUT2D eigenvalue weighted by molar-refractivity contribution is 0.0933. The van der Waals surface area contributed by atoms with Gasteiger partial charge in [-0.15, -0.1) is 22.7 Å². The van der Waals surface area contributed by atoms with Crippen LogP contribution in [0.5, 0.6) is 0 Å². The molecule has 0 unspecified atom stereocenters. The number of carbonyl (C=O) groups excluding carboxylic acids is 4. The van der Waals surface area contributed by atoms with Crippen molar-refractivity contribution in [3.05, 3.63) is 159 Å². The lowest BCUT2D eigenvalue weighted by atomic mass is 9.69. The van der Waals surface area contributed by atoms with Crippen LogP contribution in [0.25, 0.3) is 20.4 Å². The maximum atomic E-state index is 13.3. The largest absolute Gasteiger partial charge is 0.382 e. The third-order valence-corrected chi connectivity index (χ3v) is 18.2. The first-order valence-corrected chi connectivity index (χ1v) is 28.6. The van der Waals surface area contributed by atoms with Crippen molar-refractivity contribution < 1.29 is 19.2 Å². The van der Waals surface area contributed by atoms with Crippen molar-refractivity contribution in [2.75, 3.05) is 29.5 Å². The molecule has 10 N–H and O–H groups in total. The molecule has 0 radical (unpaired) electrons. The fourth-order valence-electron chi connectivity index (χ4n) is 10.4. The van der Waals surface area contributed by atoms with Crippen LogP contribution < -0.4 is 38.5 Å². The van der Waals surface area contributed by atoms with Gasteiger partial charge in [-0.2, -0.15) is 0 Å². The van der Waals surface area contributed by atoms with E-state index in [0.29, 0.717) is 43.8 Å². The minimum atomic E-state index is -0.471. The number of aromatic nitrogens is 6. The molecule has 8 aromatic rings. The molecule has 2 aliphatic rings. The van der Waals surface area contributed by atoms with Crippen LogP contribution in [0.1, 0.15) is 153 Å². The Kier molecular flexibility index (Phi) is 17.2. The van der Waals surface area contributed by atoms with Gasteiger partial charge in [-0.05, 0) is 132 Å². The molecule has 17 nitrogen and oxygen atoms in total. The highest BCUT2D eigenvalue weighted by Crippen LogP contribution is 2.42. The molecule has 2 aromatic carbocycles. The van der Waals surface area contributed by atoms with Gasteiger partial charge in [-0.25, -0.2) is 24.9 Å². The van der Waals surface area contributed by atoms with Crippen molar-refractivity contribution >= 4 is 83.9 Å². The zero-order valence-electron chi connectivity index (χ0n) is 45.6. The van der Waals surface area contributed by atoms with Crippen LogP contribution in [0, 0.1) is 22.7 Å². The number of nitrogens with zero attached hydrogens (tertiary/aromatic N) is 6. The second kappa shape index (κ2) is 24.2. The number of thiophene rings is 2. The molecule has 0 aliphatic heterocycles. The smallest absolute Gasteiger partial charge is 0.278 e. The van der Waals surface area contributed by atoms with Gasteiger partial charge in [0, 0.05) is 71.4 Å². The van der Waals surface area contributed by atoms with E-state index < -0.39 is 18.0 Å². The molecule has 6 heterocycles. The number of hydrogen-bond donors (Lipinski definition) is 7. The van der Waals surface area contributed by atoms with Crippen LogP contribution in [0.15, 0.2) is 104 Å². The first-order chi connectivity index (χ1) is 37.9. The summed E-state index contributed by atoms with van der Waals surface area (Å²) in [6.07, 6.45) is 15.9. The zero-order valence-corrected chi connectivity index (χ0v) is 47.2. The number of amides is 4. The minimum Gasteiger partial charge on any atom is -0.382 e. The molecule has 79 heavy (non-hydrogen) atoms. The molecule has 4 amide bonds. The van der Waals surface area contributed by atoms with Crippen LogP contribution in [0.4, 0.5) is 17.2 Å². The summed E-state index contributed by atoms with van der Waals surface area (Å²) in [5.74, 6) is 0.0940. The van der Waals surface area contributed by atoms with Gasteiger partial charge in [0.2, 0.25) is 0 Å². The van der Waals surface area contributed by atoms with Crippen LogP contribution >= 0.6 is 22.7 Å². The van der Waals surface area contributed by atoms with Crippen molar-refractivity contribution in [1.82, 2.24) is 40.5 Å². The Hall–Kier alpha value is -7.58. The van der Waals surface area contributed by atoms with Crippen LogP contribution in [-0.4, -0.2) is 66.6 Å². The summed E-state index contributed by atoms with van der Waals surface area (Å²) in [6, 6.07) is 21.9. The maximum Gasteiger partial charge on any atom is 0.278 e. The number of nitrogens with one attached hydrogen (secondary N) is 4. The number of aryl methyl sites for hydroxylation is 2. The molecular weight excluding hydrogens is 1030 g/mol. The topological polar surface area (TPSA) is 272 Å². The minimum absolute atomic E-state index is 0.0428. The fraction of sp³-hybridized carbons (Fsp3) is 0.367. The maximum absolute atomic E-state index is 13.3. The number of nitrogen functional groups attached to an aromatic ring is 1. The van der Waals surface area contributed by atoms with Gasteiger partial charge in [-0.3, -0.25) is 24.2 Å². The predicted octanol–water partition coefficient (Wildman–Crippen LogP) is 10.2. The lowest BCUT2D eigenvalue weighted by Crippen LogP contribution is -2.33. The second-order valence-corrected chi connectivity index (χ2v) is 23.9. The van der Waals surface area contributed by atoms with E-state index in [4.69, 9.17) is 27.2 Å². The first-order valence-electron chi connectivity index (χ1n) is 27.0. The van der Waals surface area contributed by atoms with Crippen LogP contribution in [0.2, 0.25) is 0 Å². The number of hydrogen-bond acceptors (Lipinski definition) is 15. The summed E-state index contributed by atoms with van der Waals surface area (Å²) in [6.45, 7) is 14.3. The van der Waals surface area contributed by atoms with Crippen LogP contribution in [0.3, 0.4) is 0 Å². The number of carbonyl (C=O) groups is 4. The van der Waals surface area contributed by atoms with Gasteiger partial charge in [0.05, 0.1) is 28.0 Å². The number of nitrogens with two attached hydrogens (primary N) is 3. The number of fused-ring (bicyclic) bond motifs is 4. The second-order valence-electron chi connectivity index (χ2n) is 21.8. The molecule has 4 atom stereocenters. The van der Waals surface area contributed by atoms with E-state index in [0.717, 1.165) is 88.6 Å². The third kappa shape index (κ3) is 13.0. The third-order valence-electron chi connectivity index (χ3n) is 16.1. The van der Waals surface area contributed by atoms with E-state index in [1.807, 2.05) is 30.3 Å². The van der Waals surface area contributed by atoms with Crippen molar-refractivity contribution in [3.63, 3.8) is 0 Å². The average Bonchev–Trinajstić information content (AvgIpc) is 4.18. The molecular formula is C60H69N13O4S2. The van der Waals surface area contributed by atoms with Crippen molar-refractivity contribution in [2.24, 2.45) is 34.1 Å². The Labute approximate surface area is 468 Å². The quantitative estimate of drug-likeness (QED) is 0.0475. The first kappa shape index (κ1) is 56.2. The van der Waals surface area contributed by atoms with Crippen LogP contribution in [-0.2, 0) is 25.7 Å². The predicted molar refractivity (Wildman–Crippen MR) is 314 cm³/mol. The molecule has 0 saturated carbocycles. The monoisotopic (exact) mass is 1100 g/mol. The van der Waals surface area contributed by atoms with Gasteiger partial charge in [0.1, 0.15) is 15.4 Å². The molecule has 6 aromatic heterocycles. The van der Waals surface area contributed by atoms with E-state index in [-0.39, 0.29) is 48.0 Å². The molecule has 0 bridgehead atoms. The molecule has 10 rings (SSSR count). The van der Waals surface area contributed by atoms with E-state index in [2.05, 4.69) is 94.9 Å². The Morgan fingerprint density at radius 3 is 1.56 bits per heavy atom. The summed E-state index contributed by atoms with van der Waals surface area (Å²) in [7, 11) is 0. The average molecular weight is 1100 g/mol. The molecule has 0 saturated heterocycles. The Bertz CT molecular complexity index is 3530. The molecule has 410 valence electrons. The summed E-state index contributed by atoms with van der Waals surface area (Å²) < 4.78 is 0. The fourth-order valence-corrected chi connectivity index (χ4v) is 12.3. The Morgan fingerprint density at radius 1 is 0.620 bits per heavy atom. The van der Waals surface area contributed by atoms with E-state index in [1.165, 1.54) is 70.5 Å². The SMILES string of the molecule is CCC(C)(C)[C@H]1CCc2nc3sc(C(=O)N[C@H](CN)c4cccc(NC(=O)c5cnccn5)c4)cc3cc2C1.CCC(C)(C)[C@H]1CCc2nc3sc(C(=O)N[C@H](CN)c4cccc(NC(=O)c5nccnc5N)c4)cc3cc2C1. The number of pyridine rings is 2. The van der Waals surface area contributed by atoms with Crippen molar-refractivity contribution in [1.29, 1.82) is 0 Å².